The Labute approximate surface area is 101 Å². The van der Waals surface area contributed by atoms with Crippen molar-refractivity contribution in [2.75, 3.05) is 11.9 Å². The Bertz CT molecular complexity index is 439. The fourth-order valence-electron chi connectivity index (χ4n) is 1.55. The molecule has 0 bridgehead atoms. The van der Waals surface area contributed by atoms with Gasteiger partial charge in [-0.1, -0.05) is 41.9 Å². The second-order valence-corrected chi connectivity index (χ2v) is 3.96. The summed E-state index contributed by atoms with van der Waals surface area (Å²) in [6.45, 7) is 0.883. The molecule has 2 heteroatoms. The largest absolute Gasteiger partial charge is 0.385 e. The Hall–Kier alpha value is -1.47. The number of benzene rings is 2. The van der Waals surface area contributed by atoms with Crippen LogP contribution in [0.2, 0.25) is 5.02 Å². The fraction of sp³-hybridized carbons (Fsp3) is 0.143. The van der Waals surface area contributed by atoms with Crippen molar-refractivity contribution in [1.29, 1.82) is 0 Å². The molecule has 1 nitrogen and oxygen atoms in total. The fourth-order valence-corrected chi connectivity index (χ4v) is 1.78. The van der Waals surface area contributed by atoms with Gasteiger partial charge >= 0.3 is 0 Å². The highest BCUT2D eigenvalue weighted by Gasteiger charge is 1.98. The predicted molar refractivity (Wildman–Crippen MR) is 68.9 cm³/mol. The molecule has 81 valence electrons. The number of hydrogen-bond acceptors (Lipinski definition) is 1. The van der Waals surface area contributed by atoms with Gasteiger partial charge in [0.1, 0.15) is 0 Å². The van der Waals surface area contributed by atoms with Gasteiger partial charge in [0, 0.05) is 17.3 Å². The van der Waals surface area contributed by atoms with Crippen molar-refractivity contribution in [2.45, 2.75) is 6.42 Å². The third kappa shape index (κ3) is 3.01. The molecule has 0 spiro atoms. The van der Waals surface area contributed by atoms with Gasteiger partial charge in [-0.3, -0.25) is 0 Å². The first kappa shape index (κ1) is 11.0. The van der Waals surface area contributed by atoms with Crippen LogP contribution in [0.15, 0.2) is 48.5 Å². The summed E-state index contributed by atoms with van der Waals surface area (Å²) < 4.78 is 0. The number of halogens is 1. The van der Waals surface area contributed by atoms with E-state index in [4.69, 9.17) is 11.6 Å². The molecule has 0 aliphatic heterocycles. The van der Waals surface area contributed by atoms with E-state index in [9.17, 15) is 0 Å². The van der Waals surface area contributed by atoms with E-state index in [1.54, 1.807) is 0 Å². The first-order chi connectivity index (χ1) is 7.86. The van der Waals surface area contributed by atoms with Crippen molar-refractivity contribution < 1.29 is 0 Å². The van der Waals surface area contributed by atoms with Crippen molar-refractivity contribution in [2.24, 2.45) is 0 Å². The monoisotopic (exact) mass is 230 g/mol. The third-order valence-electron chi connectivity index (χ3n) is 2.40. The summed E-state index contributed by atoms with van der Waals surface area (Å²) in [5.74, 6) is 0. The Morgan fingerprint density at radius 1 is 1.06 bits per heavy atom. The van der Waals surface area contributed by atoms with Gasteiger partial charge in [-0.15, -0.1) is 0 Å². The third-order valence-corrected chi connectivity index (χ3v) is 2.77. The van der Waals surface area contributed by atoms with Crippen molar-refractivity contribution >= 4 is 17.3 Å². The molecule has 0 fully saturated rings. The maximum absolute atomic E-state index is 6.07. The van der Waals surface area contributed by atoms with Crippen LogP contribution >= 0.6 is 11.6 Å². The standard InChI is InChI=1S/C14H13ClN/c15-14-9-5-4-6-12(14)10-11-16-13-7-2-1-3-8-13/h2-9,16H,10-11H2. The normalized spacial score (nSPS) is 10.1. The van der Waals surface area contributed by atoms with Gasteiger partial charge in [0.05, 0.1) is 0 Å². The van der Waals surface area contributed by atoms with Crippen molar-refractivity contribution in [3.05, 3.63) is 65.2 Å². The molecule has 0 aromatic heterocycles. The molecule has 1 radical (unpaired) electrons. The van der Waals surface area contributed by atoms with E-state index in [0.29, 0.717) is 0 Å². The lowest BCUT2D eigenvalue weighted by Crippen LogP contribution is -2.04. The minimum atomic E-state index is 0.839. The molecular weight excluding hydrogens is 218 g/mol. The molecule has 0 aliphatic rings. The number of nitrogens with one attached hydrogen (secondary N) is 1. The van der Waals surface area contributed by atoms with Crippen molar-refractivity contribution in [3.63, 3.8) is 0 Å². The van der Waals surface area contributed by atoms with Crippen LogP contribution < -0.4 is 5.32 Å². The lowest BCUT2D eigenvalue weighted by Gasteiger charge is -2.07. The second kappa shape index (κ2) is 5.57. The zero-order valence-corrected chi connectivity index (χ0v) is 9.67. The van der Waals surface area contributed by atoms with Crippen LogP contribution in [0.5, 0.6) is 0 Å². The van der Waals surface area contributed by atoms with E-state index in [1.165, 1.54) is 5.56 Å². The first-order valence-corrected chi connectivity index (χ1v) is 5.67. The zero-order chi connectivity index (χ0) is 11.2. The quantitative estimate of drug-likeness (QED) is 0.843. The summed E-state index contributed by atoms with van der Waals surface area (Å²) in [6, 6.07) is 18.7. The summed E-state index contributed by atoms with van der Waals surface area (Å²) in [5, 5.41) is 4.18. The Kier molecular flexibility index (Phi) is 3.84. The molecule has 0 aliphatic carbocycles. The summed E-state index contributed by atoms with van der Waals surface area (Å²) in [4.78, 5) is 0. The van der Waals surface area contributed by atoms with Gasteiger partial charge in [-0.05, 0) is 36.2 Å². The van der Waals surface area contributed by atoms with Gasteiger partial charge in [-0.2, -0.15) is 0 Å². The van der Waals surface area contributed by atoms with Crippen molar-refractivity contribution in [1.82, 2.24) is 0 Å². The average molecular weight is 231 g/mol. The van der Waals surface area contributed by atoms with E-state index in [1.807, 2.05) is 42.5 Å². The first-order valence-electron chi connectivity index (χ1n) is 5.29. The summed E-state index contributed by atoms with van der Waals surface area (Å²) in [5.41, 5.74) is 2.30. The van der Waals surface area contributed by atoms with Crippen LogP contribution in [-0.2, 0) is 6.42 Å². The maximum Gasteiger partial charge on any atom is 0.0438 e. The number of hydrogen-bond donors (Lipinski definition) is 1. The van der Waals surface area contributed by atoms with Gasteiger partial charge in [0.15, 0.2) is 0 Å². The zero-order valence-electron chi connectivity index (χ0n) is 8.91. The van der Waals surface area contributed by atoms with E-state index in [-0.39, 0.29) is 0 Å². The molecule has 2 aromatic rings. The van der Waals surface area contributed by atoms with E-state index in [2.05, 4.69) is 17.4 Å². The lowest BCUT2D eigenvalue weighted by atomic mass is 10.1. The molecular formula is C14H13ClN. The molecule has 1 N–H and O–H groups in total. The van der Waals surface area contributed by atoms with Crippen LogP contribution in [0.1, 0.15) is 5.56 Å². The van der Waals surface area contributed by atoms with Gasteiger partial charge < -0.3 is 5.32 Å². The Balaban J connectivity index is 1.87. The second-order valence-electron chi connectivity index (χ2n) is 3.56. The summed E-state index contributed by atoms with van der Waals surface area (Å²) >= 11 is 6.07. The molecule has 0 amide bonds. The van der Waals surface area contributed by atoms with E-state index in [0.717, 1.165) is 23.7 Å². The molecule has 0 saturated heterocycles. The van der Waals surface area contributed by atoms with Crippen LogP contribution in [0.3, 0.4) is 0 Å². The minimum absolute atomic E-state index is 0.839. The molecule has 0 unspecified atom stereocenters. The maximum atomic E-state index is 6.07. The van der Waals surface area contributed by atoms with Gasteiger partial charge in [0.25, 0.3) is 0 Å². The van der Waals surface area contributed by atoms with Crippen LogP contribution in [0.4, 0.5) is 5.69 Å². The van der Waals surface area contributed by atoms with Crippen molar-refractivity contribution in [3.8, 4) is 0 Å². The molecule has 0 atom stereocenters. The van der Waals surface area contributed by atoms with Crippen LogP contribution in [0.25, 0.3) is 0 Å². The Morgan fingerprint density at radius 3 is 2.56 bits per heavy atom. The number of rotatable bonds is 4. The average Bonchev–Trinajstić information content (AvgIpc) is 2.33. The summed E-state index contributed by atoms with van der Waals surface area (Å²) in [6.07, 6.45) is 0.929. The lowest BCUT2D eigenvalue weighted by molar-refractivity contribution is 1.02. The van der Waals surface area contributed by atoms with E-state index < -0.39 is 0 Å². The van der Waals surface area contributed by atoms with Gasteiger partial charge in [0.2, 0.25) is 0 Å². The molecule has 2 rings (SSSR count). The molecule has 0 saturated carbocycles. The predicted octanol–water partition coefficient (Wildman–Crippen LogP) is 3.79. The molecule has 16 heavy (non-hydrogen) atoms. The van der Waals surface area contributed by atoms with Crippen LogP contribution in [-0.4, -0.2) is 6.54 Å². The smallest absolute Gasteiger partial charge is 0.0438 e. The number of anilines is 1. The van der Waals surface area contributed by atoms with Crippen LogP contribution in [0, 0.1) is 6.07 Å². The van der Waals surface area contributed by atoms with Gasteiger partial charge in [-0.25, -0.2) is 0 Å². The minimum Gasteiger partial charge on any atom is -0.385 e. The Morgan fingerprint density at radius 2 is 1.81 bits per heavy atom. The highest BCUT2D eigenvalue weighted by molar-refractivity contribution is 6.31. The molecule has 2 aromatic carbocycles. The SMILES string of the molecule is Clc1ccccc1CCNc1cc[c]cc1. The highest BCUT2D eigenvalue weighted by Crippen LogP contribution is 2.15. The topological polar surface area (TPSA) is 12.0 Å². The molecule has 0 heterocycles. The highest BCUT2D eigenvalue weighted by atomic mass is 35.5. The van der Waals surface area contributed by atoms with E-state index >= 15 is 0 Å². The summed E-state index contributed by atoms with van der Waals surface area (Å²) in [7, 11) is 0.